The zero-order valence-electron chi connectivity index (χ0n) is 12.1. The molecule has 0 heterocycles. The second kappa shape index (κ2) is 10.6. The first-order valence-corrected chi connectivity index (χ1v) is 6.75. The molecule has 0 aromatic carbocycles. The maximum atomic E-state index is 11.6. The van der Waals surface area contributed by atoms with Crippen molar-refractivity contribution in [3.8, 4) is 0 Å². The molecule has 1 atom stereocenters. The second-order valence-electron chi connectivity index (χ2n) is 4.68. The Morgan fingerprint density at radius 3 is 2.63 bits per heavy atom. The summed E-state index contributed by atoms with van der Waals surface area (Å²) in [5.41, 5.74) is 0. The van der Waals surface area contributed by atoms with Crippen LogP contribution in [0.5, 0.6) is 0 Å². The molecule has 0 aromatic rings. The number of aliphatic carboxylic acids is 1. The first-order chi connectivity index (χ1) is 8.97. The number of carboxylic acids is 1. The van der Waals surface area contributed by atoms with Gasteiger partial charge in [0.1, 0.15) is 0 Å². The van der Waals surface area contributed by atoms with Crippen LogP contribution in [0.2, 0.25) is 0 Å². The maximum Gasteiger partial charge on any atom is 0.317 e. The molecule has 0 radical (unpaired) electrons. The highest BCUT2D eigenvalue weighted by Crippen LogP contribution is 2.09. The first-order valence-electron chi connectivity index (χ1n) is 6.75. The summed E-state index contributed by atoms with van der Waals surface area (Å²) in [4.78, 5) is 23.6. The fourth-order valence-corrected chi connectivity index (χ4v) is 1.52. The number of ether oxygens (including phenoxy) is 1. The molecule has 0 saturated carbocycles. The monoisotopic (exact) mass is 274 g/mol. The molecule has 0 bridgehead atoms. The number of carboxylic acid groups (broad SMARTS) is 1. The molecule has 0 aliphatic carbocycles. The van der Waals surface area contributed by atoms with Gasteiger partial charge in [0.15, 0.2) is 0 Å². The van der Waals surface area contributed by atoms with Crippen LogP contribution >= 0.6 is 0 Å². The molecular formula is C13H26N2O4. The fraction of sp³-hybridized carbons (Fsp3) is 0.846. The number of likely N-dealkylation sites (N-methyl/N-ethyl adjacent to an activating group) is 1. The van der Waals surface area contributed by atoms with Gasteiger partial charge in [-0.15, -0.1) is 0 Å². The van der Waals surface area contributed by atoms with Gasteiger partial charge < -0.3 is 20.1 Å². The summed E-state index contributed by atoms with van der Waals surface area (Å²) in [7, 11) is 1.72. The molecule has 2 amide bonds. The minimum atomic E-state index is -0.772. The van der Waals surface area contributed by atoms with E-state index in [0.717, 1.165) is 6.42 Å². The minimum absolute atomic E-state index is 0.120. The van der Waals surface area contributed by atoms with Gasteiger partial charge in [-0.2, -0.15) is 0 Å². The van der Waals surface area contributed by atoms with Crippen molar-refractivity contribution < 1.29 is 19.4 Å². The molecule has 0 spiro atoms. The molecule has 19 heavy (non-hydrogen) atoms. The summed E-state index contributed by atoms with van der Waals surface area (Å²) in [6.45, 7) is 6.23. The van der Waals surface area contributed by atoms with Gasteiger partial charge in [0.05, 0.1) is 6.61 Å². The zero-order valence-corrected chi connectivity index (χ0v) is 12.1. The van der Waals surface area contributed by atoms with E-state index in [1.807, 2.05) is 13.8 Å². The quantitative estimate of drug-likeness (QED) is 0.592. The number of nitrogens with zero attached hydrogens (tertiary/aromatic N) is 1. The molecule has 0 saturated heterocycles. The van der Waals surface area contributed by atoms with Crippen LogP contribution < -0.4 is 5.32 Å². The van der Waals surface area contributed by atoms with E-state index in [1.165, 1.54) is 0 Å². The second-order valence-corrected chi connectivity index (χ2v) is 4.68. The van der Waals surface area contributed by atoms with E-state index in [0.29, 0.717) is 38.6 Å². The van der Waals surface area contributed by atoms with E-state index in [1.54, 1.807) is 11.9 Å². The SMILES string of the molecule is CCOCCN(C)C(=O)NCCC(C)CCC(=O)O. The van der Waals surface area contributed by atoms with E-state index in [9.17, 15) is 9.59 Å². The summed E-state index contributed by atoms with van der Waals surface area (Å²) >= 11 is 0. The van der Waals surface area contributed by atoms with Crippen molar-refractivity contribution in [3.63, 3.8) is 0 Å². The van der Waals surface area contributed by atoms with Gasteiger partial charge >= 0.3 is 12.0 Å². The summed E-state index contributed by atoms with van der Waals surface area (Å²) in [6.07, 6.45) is 1.62. The van der Waals surface area contributed by atoms with Gasteiger partial charge in [0, 0.05) is 33.2 Å². The van der Waals surface area contributed by atoms with E-state index >= 15 is 0 Å². The number of nitrogens with one attached hydrogen (secondary N) is 1. The molecule has 6 nitrogen and oxygen atoms in total. The normalized spacial score (nSPS) is 11.9. The molecule has 0 fully saturated rings. The molecule has 0 aliphatic heterocycles. The predicted octanol–water partition coefficient (Wildman–Crippen LogP) is 1.56. The lowest BCUT2D eigenvalue weighted by Crippen LogP contribution is -2.39. The smallest absolute Gasteiger partial charge is 0.317 e. The van der Waals surface area contributed by atoms with Crippen molar-refractivity contribution in [1.29, 1.82) is 0 Å². The third kappa shape index (κ3) is 10.3. The Balaban J connectivity index is 3.63. The van der Waals surface area contributed by atoms with Gasteiger partial charge in [-0.3, -0.25) is 4.79 Å². The van der Waals surface area contributed by atoms with Crippen LogP contribution in [0.15, 0.2) is 0 Å². The number of carbonyl (C=O) groups is 2. The number of carbonyl (C=O) groups excluding carboxylic acids is 1. The van der Waals surface area contributed by atoms with Gasteiger partial charge in [0.25, 0.3) is 0 Å². The van der Waals surface area contributed by atoms with Crippen LogP contribution in [0, 0.1) is 5.92 Å². The van der Waals surface area contributed by atoms with E-state index in [2.05, 4.69) is 5.32 Å². The van der Waals surface area contributed by atoms with E-state index < -0.39 is 5.97 Å². The zero-order chi connectivity index (χ0) is 14.7. The third-order valence-electron chi connectivity index (χ3n) is 2.89. The first kappa shape index (κ1) is 17.7. The molecule has 0 rings (SSSR count). The van der Waals surface area contributed by atoms with E-state index in [4.69, 9.17) is 9.84 Å². The van der Waals surface area contributed by atoms with Crippen LogP contribution in [0.3, 0.4) is 0 Å². The number of urea groups is 1. The van der Waals surface area contributed by atoms with Crippen molar-refractivity contribution in [1.82, 2.24) is 10.2 Å². The topological polar surface area (TPSA) is 78.9 Å². The van der Waals surface area contributed by atoms with Crippen LogP contribution in [0.25, 0.3) is 0 Å². The Morgan fingerprint density at radius 2 is 2.05 bits per heavy atom. The summed E-state index contributed by atoms with van der Waals surface area (Å²) in [5, 5.41) is 11.4. The lowest BCUT2D eigenvalue weighted by molar-refractivity contribution is -0.137. The molecule has 0 aliphatic rings. The highest BCUT2D eigenvalue weighted by atomic mass is 16.5. The van der Waals surface area contributed by atoms with Crippen LogP contribution in [-0.2, 0) is 9.53 Å². The Hall–Kier alpha value is -1.30. The summed E-state index contributed by atoms with van der Waals surface area (Å²) in [5.74, 6) is -0.475. The van der Waals surface area contributed by atoms with Gasteiger partial charge in [-0.25, -0.2) is 4.79 Å². The number of hydrogen-bond donors (Lipinski definition) is 2. The van der Waals surface area contributed by atoms with Crippen molar-refractivity contribution >= 4 is 12.0 Å². The van der Waals surface area contributed by atoms with Crippen molar-refractivity contribution in [2.24, 2.45) is 5.92 Å². The Labute approximate surface area is 115 Å². The average Bonchev–Trinajstić information content (AvgIpc) is 2.36. The van der Waals surface area contributed by atoms with Gasteiger partial charge in [0.2, 0.25) is 0 Å². The van der Waals surface area contributed by atoms with Crippen LogP contribution in [0.1, 0.15) is 33.1 Å². The van der Waals surface area contributed by atoms with E-state index in [-0.39, 0.29) is 12.5 Å². The number of rotatable bonds is 10. The molecule has 1 unspecified atom stereocenters. The third-order valence-corrected chi connectivity index (χ3v) is 2.89. The van der Waals surface area contributed by atoms with Crippen molar-refractivity contribution in [3.05, 3.63) is 0 Å². The molecule has 6 heteroatoms. The maximum absolute atomic E-state index is 11.6. The lowest BCUT2D eigenvalue weighted by Gasteiger charge is -2.18. The Morgan fingerprint density at radius 1 is 1.37 bits per heavy atom. The largest absolute Gasteiger partial charge is 0.481 e. The Kier molecular flexibility index (Phi) is 9.88. The highest BCUT2D eigenvalue weighted by molar-refractivity contribution is 5.73. The predicted molar refractivity (Wildman–Crippen MR) is 73.2 cm³/mol. The van der Waals surface area contributed by atoms with Crippen molar-refractivity contribution in [2.45, 2.75) is 33.1 Å². The number of hydrogen-bond acceptors (Lipinski definition) is 3. The lowest BCUT2D eigenvalue weighted by atomic mass is 10.0. The highest BCUT2D eigenvalue weighted by Gasteiger charge is 2.09. The van der Waals surface area contributed by atoms with Crippen LogP contribution in [0.4, 0.5) is 4.79 Å². The summed E-state index contributed by atoms with van der Waals surface area (Å²) < 4.78 is 5.17. The minimum Gasteiger partial charge on any atom is -0.481 e. The molecule has 2 N–H and O–H groups in total. The fourth-order valence-electron chi connectivity index (χ4n) is 1.52. The van der Waals surface area contributed by atoms with Gasteiger partial charge in [-0.05, 0) is 25.7 Å². The molecule has 112 valence electrons. The van der Waals surface area contributed by atoms with Crippen molar-refractivity contribution in [2.75, 3.05) is 33.4 Å². The summed E-state index contributed by atoms with van der Waals surface area (Å²) in [6, 6.07) is -0.120. The van der Waals surface area contributed by atoms with Gasteiger partial charge in [-0.1, -0.05) is 6.92 Å². The molecular weight excluding hydrogens is 248 g/mol. The standard InChI is InChI=1S/C13H26N2O4/c1-4-19-10-9-15(3)13(18)14-8-7-11(2)5-6-12(16)17/h11H,4-10H2,1-3H3,(H,14,18)(H,16,17). The van der Waals surface area contributed by atoms with Crippen LogP contribution in [-0.4, -0.2) is 55.4 Å². The average molecular weight is 274 g/mol. The Bertz CT molecular complexity index is 271. The number of amides is 2. The molecule has 0 aromatic heterocycles.